The van der Waals surface area contributed by atoms with Gasteiger partial charge in [0.2, 0.25) is 0 Å². The second-order valence-electron chi connectivity index (χ2n) is 5.53. The Morgan fingerprint density at radius 1 is 1.17 bits per heavy atom. The van der Waals surface area contributed by atoms with Gasteiger partial charge in [0.25, 0.3) is 5.91 Å². The monoisotopic (exact) mass is 485 g/mol. The van der Waals surface area contributed by atoms with Gasteiger partial charge in [0.15, 0.2) is 0 Å². The Hall–Kier alpha value is -1.15. The number of hydrogen-bond donors (Lipinski definition) is 1. The van der Waals surface area contributed by atoms with Crippen molar-refractivity contribution in [2.24, 2.45) is 0 Å². The van der Waals surface area contributed by atoms with E-state index in [1.165, 1.54) is 19.3 Å². The Balaban J connectivity index is 1.70. The molecule has 1 aliphatic rings. The lowest BCUT2D eigenvalue weighted by molar-refractivity contribution is 0.102. The van der Waals surface area contributed by atoms with E-state index in [1.807, 2.05) is 30.3 Å². The van der Waals surface area contributed by atoms with E-state index in [9.17, 15) is 4.79 Å². The summed E-state index contributed by atoms with van der Waals surface area (Å²) in [5.74, 6) is 0.864. The second kappa shape index (κ2) is 7.61. The van der Waals surface area contributed by atoms with E-state index >= 15 is 0 Å². The number of nitrogens with zero attached hydrogens (tertiary/aromatic N) is 2. The van der Waals surface area contributed by atoms with Crippen LogP contribution in [0.2, 0.25) is 0 Å². The zero-order chi connectivity index (χ0) is 16.2. The molecule has 0 bridgehead atoms. The third-order valence-corrected chi connectivity index (χ3v) is 5.29. The van der Waals surface area contributed by atoms with Crippen molar-refractivity contribution in [3.05, 3.63) is 50.1 Å². The summed E-state index contributed by atoms with van der Waals surface area (Å²) in [6, 6.07) is 9.56. The standard InChI is InChI=1S/C17H17BrIN3O/c18-12-4-6-15(19)14(10-12)17(23)21-13-5-7-16(20-11-13)22-8-2-1-3-9-22/h4-7,10-11H,1-3,8-9H2,(H,21,23). The average molecular weight is 486 g/mol. The highest BCUT2D eigenvalue weighted by Crippen LogP contribution is 2.21. The molecule has 6 heteroatoms. The van der Waals surface area contributed by atoms with Crippen LogP contribution in [0.1, 0.15) is 29.6 Å². The molecule has 120 valence electrons. The van der Waals surface area contributed by atoms with E-state index < -0.39 is 0 Å². The first-order valence-electron chi connectivity index (χ1n) is 7.61. The number of halogens is 2. The van der Waals surface area contributed by atoms with Gasteiger partial charge in [-0.05, 0) is 72.2 Å². The van der Waals surface area contributed by atoms with Crippen molar-refractivity contribution < 1.29 is 4.79 Å². The van der Waals surface area contributed by atoms with E-state index in [-0.39, 0.29) is 5.91 Å². The van der Waals surface area contributed by atoms with Crippen LogP contribution in [-0.4, -0.2) is 24.0 Å². The highest BCUT2D eigenvalue weighted by Gasteiger charge is 2.13. The Morgan fingerprint density at radius 2 is 1.96 bits per heavy atom. The van der Waals surface area contributed by atoms with Gasteiger partial charge in [-0.1, -0.05) is 15.9 Å². The summed E-state index contributed by atoms with van der Waals surface area (Å²) in [5, 5.41) is 2.91. The number of benzene rings is 1. The minimum absolute atomic E-state index is 0.122. The normalized spacial score (nSPS) is 14.6. The van der Waals surface area contributed by atoms with Gasteiger partial charge in [0.1, 0.15) is 5.82 Å². The predicted octanol–water partition coefficient (Wildman–Crippen LogP) is 4.69. The van der Waals surface area contributed by atoms with Crippen molar-refractivity contribution in [3.63, 3.8) is 0 Å². The summed E-state index contributed by atoms with van der Waals surface area (Å²) in [4.78, 5) is 19.2. The number of anilines is 2. The van der Waals surface area contributed by atoms with Crippen LogP contribution in [0, 0.1) is 3.57 Å². The lowest BCUT2D eigenvalue weighted by Gasteiger charge is -2.27. The highest BCUT2D eigenvalue weighted by atomic mass is 127. The first-order valence-corrected chi connectivity index (χ1v) is 9.48. The summed E-state index contributed by atoms with van der Waals surface area (Å²) in [5.41, 5.74) is 1.37. The predicted molar refractivity (Wildman–Crippen MR) is 105 cm³/mol. The number of rotatable bonds is 3. The van der Waals surface area contributed by atoms with Crippen LogP contribution in [0.15, 0.2) is 41.0 Å². The summed E-state index contributed by atoms with van der Waals surface area (Å²) in [6.07, 6.45) is 5.48. The minimum Gasteiger partial charge on any atom is -0.357 e. The molecular weight excluding hydrogens is 469 g/mol. The Bertz CT molecular complexity index is 699. The quantitative estimate of drug-likeness (QED) is 0.641. The van der Waals surface area contributed by atoms with Crippen LogP contribution >= 0.6 is 38.5 Å². The molecule has 2 heterocycles. The second-order valence-corrected chi connectivity index (χ2v) is 7.61. The van der Waals surface area contributed by atoms with Crippen LogP contribution in [-0.2, 0) is 0 Å². The summed E-state index contributed by atoms with van der Waals surface area (Å²) < 4.78 is 1.81. The molecule has 0 saturated carbocycles. The molecule has 0 unspecified atom stereocenters. The van der Waals surface area contributed by atoms with Crippen LogP contribution < -0.4 is 10.2 Å². The van der Waals surface area contributed by atoms with E-state index in [4.69, 9.17) is 0 Å². The maximum Gasteiger partial charge on any atom is 0.256 e. The zero-order valence-corrected chi connectivity index (χ0v) is 16.3. The van der Waals surface area contributed by atoms with E-state index in [1.54, 1.807) is 6.20 Å². The number of pyridine rings is 1. The highest BCUT2D eigenvalue weighted by molar-refractivity contribution is 14.1. The number of nitrogens with one attached hydrogen (secondary N) is 1. The number of amides is 1. The van der Waals surface area contributed by atoms with Gasteiger partial charge in [0.05, 0.1) is 17.4 Å². The molecular formula is C17H17BrIN3O. The average Bonchev–Trinajstić information content (AvgIpc) is 2.58. The lowest BCUT2D eigenvalue weighted by atomic mass is 10.1. The molecule has 0 aliphatic carbocycles. The summed E-state index contributed by atoms with van der Waals surface area (Å²) in [6.45, 7) is 2.13. The fraction of sp³-hybridized carbons (Fsp3) is 0.294. The van der Waals surface area contributed by atoms with Crippen LogP contribution in [0.25, 0.3) is 0 Å². The molecule has 1 aliphatic heterocycles. The molecule has 3 rings (SSSR count). The molecule has 0 radical (unpaired) electrons. The maximum atomic E-state index is 12.4. The topological polar surface area (TPSA) is 45.2 Å². The summed E-state index contributed by atoms with van der Waals surface area (Å²) in [7, 11) is 0. The van der Waals surface area contributed by atoms with Crippen molar-refractivity contribution in [1.29, 1.82) is 0 Å². The van der Waals surface area contributed by atoms with Gasteiger partial charge in [-0.3, -0.25) is 4.79 Å². The first kappa shape index (κ1) is 16.7. The Morgan fingerprint density at radius 3 is 2.65 bits per heavy atom. The van der Waals surface area contributed by atoms with Crippen molar-refractivity contribution in [1.82, 2.24) is 4.98 Å². The molecule has 0 atom stereocenters. The molecule has 0 spiro atoms. The van der Waals surface area contributed by atoms with Gasteiger partial charge in [-0.25, -0.2) is 4.98 Å². The number of piperidine rings is 1. The van der Waals surface area contributed by atoms with E-state index in [2.05, 4.69) is 53.7 Å². The van der Waals surface area contributed by atoms with Crippen molar-refractivity contribution >= 4 is 55.9 Å². The fourth-order valence-corrected chi connectivity index (χ4v) is 3.58. The molecule has 1 N–H and O–H groups in total. The Kier molecular flexibility index (Phi) is 5.53. The van der Waals surface area contributed by atoms with Crippen molar-refractivity contribution in [2.45, 2.75) is 19.3 Å². The molecule has 1 aromatic carbocycles. The van der Waals surface area contributed by atoms with Crippen LogP contribution in [0.3, 0.4) is 0 Å². The third-order valence-electron chi connectivity index (χ3n) is 3.86. The van der Waals surface area contributed by atoms with Gasteiger partial charge >= 0.3 is 0 Å². The Labute approximate surface area is 157 Å². The molecule has 1 saturated heterocycles. The molecule has 2 aromatic rings. The summed E-state index contributed by atoms with van der Waals surface area (Å²) >= 11 is 5.57. The lowest BCUT2D eigenvalue weighted by Crippen LogP contribution is -2.30. The SMILES string of the molecule is O=C(Nc1ccc(N2CCCCC2)nc1)c1cc(Br)ccc1I. The molecule has 1 fully saturated rings. The minimum atomic E-state index is -0.122. The number of carbonyl (C=O) groups is 1. The molecule has 4 nitrogen and oxygen atoms in total. The van der Waals surface area contributed by atoms with Gasteiger partial charge in [-0.2, -0.15) is 0 Å². The largest absolute Gasteiger partial charge is 0.357 e. The molecule has 23 heavy (non-hydrogen) atoms. The third kappa shape index (κ3) is 4.23. The van der Waals surface area contributed by atoms with Crippen LogP contribution in [0.5, 0.6) is 0 Å². The first-order chi connectivity index (χ1) is 11.1. The van der Waals surface area contributed by atoms with Gasteiger partial charge in [-0.15, -0.1) is 0 Å². The van der Waals surface area contributed by atoms with Gasteiger partial charge < -0.3 is 10.2 Å². The fourth-order valence-electron chi connectivity index (χ4n) is 2.64. The maximum absolute atomic E-state index is 12.4. The zero-order valence-electron chi connectivity index (χ0n) is 12.6. The van der Waals surface area contributed by atoms with E-state index in [0.717, 1.165) is 27.0 Å². The smallest absolute Gasteiger partial charge is 0.256 e. The number of aromatic nitrogens is 1. The van der Waals surface area contributed by atoms with Crippen molar-refractivity contribution in [2.75, 3.05) is 23.3 Å². The van der Waals surface area contributed by atoms with E-state index in [0.29, 0.717) is 11.3 Å². The van der Waals surface area contributed by atoms with Gasteiger partial charge in [0, 0.05) is 21.1 Å². The molecule has 1 aromatic heterocycles. The number of hydrogen-bond acceptors (Lipinski definition) is 3. The molecule has 1 amide bonds. The van der Waals surface area contributed by atoms with Crippen LogP contribution in [0.4, 0.5) is 11.5 Å². The van der Waals surface area contributed by atoms with Crippen molar-refractivity contribution in [3.8, 4) is 0 Å². The number of carbonyl (C=O) groups excluding carboxylic acids is 1.